The first-order valence-electron chi connectivity index (χ1n) is 10.7. The summed E-state index contributed by atoms with van der Waals surface area (Å²) in [6.07, 6.45) is 0.0244. The van der Waals surface area contributed by atoms with E-state index < -0.39 is 23.9 Å². The van der Waals surface area contributed by atoms with Crippen LogP contribution in [0.1, 0.15) is 44.6 Å². The molecular formula is C22H33ClN2O9. The van der Waals surface area contributed by atoms with E-state index in [1.165, 1.54) is 12.0 Å². The van der Waals surface area contributed by atoms with Crippen LogP contribution in [-0.4, -0.2) is 75.4 Å². The standard InChI is InChI=1S/C14H21ClN2O.2C4H6O4/c1-2-18-14-4-3-11(7-13(14)15)9-17-6-5-12(8-16)10-17;2*5-3(6)1-2-4(7)8/h3-4,7,12H,2,5-6,8-10,16H2,1H3;2*1-2H2,(H,5,6)(H,7,8)/t12-;;/m1../s1. The molecule has 0 aliphatic carbocycles. The highest BCUT2D eigenvalue weighted by molar-refractivity contribution is 6.32. The molecule has 1 aliphatic rings. The minimum Gasteiger partial charge on any atom is -0.492 e. The van der Waals surface area contributed by atoms with E-state index >= 15 is 0 Å². The summed E-state index contributed by atoms with van der Waals surface area (Å²) in [5.74, 6) is -2.88. The van der Waals surface area contributed by atoms with E-state index in [1.54, 1.807) is 0 Å². The third kappa shape index (κ3) is 15.8. The van der Waals surface area contributed by atoms with E-state index in [4.69, 9.17) is 42.5 Å². The van der Waals surface area contributed by atoms with Crippen molar-refractivity contribution in [1.82, 2.24) is 4.90 Å². The molecule has 0 spiro atoms. The van der Waals surface area contributed by atoms with Gasteiger partial charge in [0.1, 0.15) is 5.75 Å². The van der Waals surface area contributed by atoms with Crippen molar-refractivity contribution in [3.05, 3.63) is 28.8 Å². The fourth-order valence-electron chi connectivity index (χ4n) is 2.85. The van der Waals surface area contributed by atoms with Gasteiger partial charge in [-0.2, -0.15) is 0 Å². The molecule has 1 heterocycles. The quantitative estimate of drug-likeness (QED) is 0.297. The van der Waals surface area contributed by atoms with E-state index in [0.29, 0.717) is 17.5 Å². The summed E-state index contributed by atoms with van der Waals surface area (Å²) in [7, 11) is 0. The number of aliphatic carboxylic acids is 4. The van der Waals surface area contributed by atoms with Crippen molar-refractivity contribution in [1.29, 1.82) is 0 Å². The topological polar surface area (TPSA) is 188 Å². The lowest BCUT2D eigenvalue weighted by molar-refractivity contribution is -0.143. The lowest BCUT2D eigenvalue weighted by atomic mass is 10.1. The molecule has 0 unspecified atom stereocenters. The van der Waals surface area contributed by atoms with Crippen LogP contribution < -0.4 is 10.5 Å². The van der Waals surface area contributed by atoms with Crippen LogP contribution in [0.15, 0.2) is 18.2 Å². The normalized spacial score (nSPS) is 14.7. The molecule has 34 heavy (non-hydrogen) atoms. The van der Waals surface area contributed by atoms with Crippen LogP contribution in [-0.2, 0) is 25.7 Å². The molecule has 0 saturated carbocycles. The van der Waals surface area contributed by atoms with Gasteiger partial charge in [-0.15, -0.1) is 0 Å². The number of likely N-dealkylation sites (tertiary alicyclic amines) is 1. The first-order chi connectivity index (χ1) is 16.0. The molecule has 0 bridgehead atoms. The predicted molar refractivity (Wildman–Crippen MR) is 124 cm³/mol. The molecule has 1 aliphatic heterocycles. The van der Waals surface area contributed by atoms with Crippen LogP contribution in [0, 0.1) is 5.92 Å². The largest absolute Gasteiger partial charge is 0.492 e. The highest BCUT2D eigenvalue weighted by Gasteiger charge is 2.21. The summed E-state index contributed by atoms with van der Waals surface area (Å²) in [6.45, 7) is 6.57. The number of halogens is 1. The zero-order valence-corrected chi connectivity index (χ0v) is 19.9. The van der Waals surface area contributed by atoms with Gasteiger partial charge in [-0.3, -0.25) is 24.1 Å². The Balaban J connectivity index is 0.000000570. The second-order valence-electron chi connectivity index (χ2n) is 7.40. The van der Waals surface area contributed by atoms with Gasteiger partial charge in [0.25, 0.3) is 0 Å². The van der Waals surface area contributed by atoms with Crippen LogP contribution in [0.5, 0.6) is 5.75 Å². The Hall–Kier alpha value is -2.89. The molecule has 0 amide bonds. The summed E-state index contributed by atoms with van der Waals surface area (Å²) < 4.78 is 5.43. The number of nitrogens with two attached hydrogens (primary N) is 1. The lowest BCUT2D eigenvalue weighted by Crippen LogP contribution is -2.22. The molecular weight excluding hydrogens is 472 g/mol. The van der Waals surface area contributed by atoms with Crippen molar-refractivity contribution in [3.63, 3.8) is 0 Å². The van der Waals surface area contributed by atoms with Crippen molar-refractivity contribution in [3.8, 4) is 5.75 Å². The smallest absolute Gasteiger partial charge is 0.303 e. The number of ether oxygens (including phenoxy) is 1. The Morgan fingerprint density at radius 3 is 1.85 bits per heavy atom. The molecule has 1 aromatic carbocycles. The SMILES string of the molecule is CCOc1ccc(CN2CC[C@H](CN)C2)cc1Cl.O=C(O)CCC(=O)O.O=C(O)CCC(=O)O. The van der Waals surface area contributed by atoms with Gasteiger partial charge in [0, 0.05) is 13.1 Å². The summed E-state index contributed by atoms with van der Waals surface area (Å²) in [6, 6.07) is 6.05. The number of rotatable bonds is 11. The van der Waals surface area contributed by atoms with E-state index in [9.17, 15) is 19.2 Å². The molecule has 11 nitrogen and oxygen atoms in total. The Morgan fingerprint density at radius 1 is 1.00 bits per heavy atom. The van der Waals surface area contributed by atoms with Gasteiger partial charge < -0.3 is 30.9 Å². The molecule has 1 aromatic rings. The second kappa shape index (κ2) is 17.6. The zero-order valence-electron chi connectivity index (χ0n) is 19.1. The number of carboxylic acids is 4. The van der Waals surface area contributed by atoms with Crippen LogP contribution in [0.2, 0.25) is 5.02 Å². The molecule has 0 radical (unpaired) electrons. The lowest BCUT2D eigenvalue weighted by Gasteiger charge is -2.16. The molecule has 1 saturated heterocycles. The van der Waals surface area contributed by atoms with Crippen LogP contribution in [0.25, 0.3) is 0 Å². The molecule has 192 valence electrons. The molecule has 2 rings (SSSR count). The van der Waals surface area contributed by atoms with E-state index in [-0.39, 0.29) is 25.7 Å². The van der Waals surface area contributed by atoms with Crippen molar-refractivity contribution in [2.45, 2.75) is 45.6 Å². The van der Waals surface area contributed by atoms with Crippen molar-refractivity contribution < 1.29 is 44.3 Å². The molecule has 0 aromatic heterocycles. The Bertz CT molecular complexity index is 749. The van der Waals surface area contributed by atoms with Gasteiger partial charge in [0.2, 0.25) is 0 Å². The Morgan fingerprint density at radius 2 is 1.50 bits per heavy atom. The fraction of sp³-hybridized carbons (Fsp3) is 0.545. The predicted octanol–water partition coefficient (Wildman–Crippen LogP) is 2.39. The monoisotopic (exact) mass is 504 g/mol. The van der Waals surface area contributed by atoms with Gasteiger partial charge in [-0.1, -0.05) is 17.7 Å². The summed E-state index contributed by atoms with van der Waals surface area (Å²) in [5.41, 5.74) is 6.94. The van der Waals surface area contributed by atoms with E-state index in [0.717, 1.165) is 31.9 Å². The van der Waals surface area contributed by atoms with Crippen molar-refractivity contribution in [2.75, 3.05) is 26.2 Å². The maximum atomic E-state index is 9.64. The first kappa shape index (κ1) is 31.1. The van der Waals surface area contributed by atoms with Crippen molar-refractivity contribution in [2.24, 2.45) is 11.7 Å². The fourth-order valence-corrected chi connectivity index (χ4v) is 3.11. The van der Waals surface area contributed by atoms with E-state index in [2.05, 4.69) is 11.0 Å². The first-order valence-corrected chi connectivity index (χ1v) is 11.1. The molecule has 6 N–H and O–H groups in total. The average molecular weight is 505 g/mol. The number of hydrogen-bond donors (Lipinski definition) is 5. The average Bonchev–Trinajstić information content (AvgIpc) is 3.21. The number of nitrogens with zero attached hydrogens (tertiary/aromatic N) is 1. The number of carboxylic acid groups (broad SMARTS) is 4. The van der Waals surface area contributed by atoms with Gasteiger partial charge in [0.15, 0.2) is 0 Å². The number of carbonyl (C=O) groups is 4. The van der Waals surface area contributed by atoms with Crippen LogP contribution in [0.3, 0.4) is 0 Å². The van der Waals surface area contributed by atoms with E-state index in [1.807, 2.05) is 19.1 Å². The minimum absolute atomic E-state index is 0.296. The maximum absolute atomic E-state index is 9.64. The van der Waals surface area contributed by atoms with Crippen LogP contribution in [0.4, 0.5) is 0 Å². The number of benzene rings is 1. The molecule has 1 fully saturated rings. The summed E-state index contributed by atoms with van der Waals surface area (Å²) >= 11 is 6.19. The third-order valence-corrected chi connectivity index (χ3v) is 4.81. The zero-order chi connectivity index (χ0) is 26.1. The maximum Gasteiger partial charge on any atom is 0.303 e. The second-order valence-corrected chi connectivity index (χ2v) is 7.81. The van der Waals surface area contributed by atoms with Crippen molar-refractivity contribution >= 4 is 35.5 Å². The third-order valence-electron chi connectivity index (χ3n) is 4.51. The highest BCUT2D eigenvalue weighted by Crippen LogP contribution is 2.27. The van der Waals surface area contributed by atoms with Gasteiger partial charge in [-0.05, 0) is 50.0 Å². The highest BCUT2D eigenvalue weighted by atomic mass is 35.5. The molecule has 1 atom stereocenters. The van der Waals surface area contributed by atoms with Gasteiger partial charge in [0.05, 0.1) is 37.3 Å². The van der Waals surface area contributed by atoms with Crippen LogP contribution >= 0.6 is 11.6 Å². The molecule has 12 heteroatoms. The summed E-state index contributed by atoms with van der Waals surface area (Å²) in [4.78, 5) is 41.0. The minimum atomic E-state index is -1.08. The number of hydrogen-bond acceptors (Lipinski definition) is 7. The van der Waals surface area contributed by atoms with Gasteiger partial charge in [-0.25, -0.2) is 0 Å². The van der Waals surface area contributed by atoms with Gasteiger partial charge >= 0.3 is 23.9 Å². The Labute approximate surface area is 203 Å². The summed E-state index contributed by atoms with van der Waals surface area (Å²) in [5, 5.41) is 32.3. The Kier molecular flexibility index (Phi) is 16.1.